The molecule has 4 nitrogen and oxygen atoms in total. The van der Waals surface area contributed by atoms with Crippen molar-refractivity contribution in [2.75, 3.05) is 0 Å². The second kappa shape index (κ2) is 4.88. The van der Waals surface area contributed by atoms with Crippen LogP contribution in [0, 0.1) is 0 Å². The van der Waals surface area contributed by atoms with Crippen LogP contribution >= 0.6 is 0 Å². The third kappa shape index (κ3) is 3.02. The number of amides is 1. The Kier molecular flexibility index (Phi) is 3.42. The van der Waals surface area contributed by atoms with E-state index in [4.69, 9.17) is 0 Å². The number of nitrogens with one attached hydrogen (secondary N) is 1. The molecular weight excluding hydrogens is 240 g/mol. The van der Waals surface area contributed by atoms with Gasteiger partial charge in [-0.25, -0.2) is 0 Å². The maximum atomic E-state index is 11.9. The van der Waals surface area contributed by atoms with E-state index in [2.05, 4.69) is 5.32 Å². The minimum absolute atomic E-state index is 0.0403. The average molecular weight is 258 g/mol. The molecule has 0 aliphatic heterocycles. The molecule has 19 heavy (non-hydrogen) atoms. The van der Waals surface area contributed by atoms with Crippen LogP contribution in [0.25, 0.3) is 10.9 Å². The van der Waals surface area contributed by atoms with Crippen LogP contribution in [0.1, 0.15) is 31.1 Å². The molecule has 0 unspecified atom stereocenters. The van der Waals surface area contributed by atoms with Crippen LogP contribution in [-0.4, -0.2) is 22.3 Å². The van der Waals surface area contributed by atoms with Crippen molar-refractivity contribution in [3.05, 3.63) is 36.0 Å². The lowest BCUT2D eigenvalue weighted by Crippen LogP contribution is -2.42. The zero-order valence-electron chi connectivity index (χ0n) is 11.4. The molecule has 1 aromatic carbocycles. The Morgan fingerprint density at radius 2 is 2.05 bits per heavy atom. The Morgan fingerprint density at radius 3 is 2.68 bits per heavy atom. The highest BCUT2D eigenvalue weighted by Gasteiger charge is 2.14. The number of carbonyl (C=O) groups excluding carboxylic acids is 2. The number of rotatable bonds is 3. The van der Waals surface area contributed by atoms with Gasteiger partial charge in [0.25, 0.3) is 0 Å². The lowest BCUT2D eigenvalue weighted by Gasteiger charge is -2.20. The number of carbonyl (C=O) groups is 2. The predicted molar refractivity (Wildman–Crippen MR) is 75.2 cm³/mol. The fraction of sp³-hybridized carbons (Fsp3) is 0.333. The first-order valence-corrected chi connectivity index (χ1v) is 6.25. The maximum absolute atomic E-state index is 11.9. The highest BCUT2D eigenvalue weighted by atomic mass is 16.2. The molecule has 0 atom stereocenters. The molecule has 0 saturated heterocycles. The summed E-state index contributed by atoms with van der Waals surface area (Å²) in [5, 5.41) is 3.80. The summed E-state index contributed by atoms with van der Waals surface area (Å²) in [7, 11) is 0. The van der Waals surface area contributed by atoms with Crippen LogP contribution in [0.3, 0.4) is 0 Å². The van der Waals surface area contributed by atoms with Gasteiger partial charge in [0.1, 0.15) is 6.54 Å². The minimum atomic E-state index is -0.242. The molecule has 0 saturated carbocycles. The fourth-order valence-corrected chi connectivity index (χ4v) is 2.10. The lowest BCUT2D eigenvalue weighted by atomic mass is 10.1. The zero-order valence-corrected chi connectivity index (χ0v) is 11.4. The maximum Gasteiger partial charge on any atom is 0.240 e. The predicted octanol–water partition coefficient (Wildman–Crippen LogP) is 2.37. The molecule has 1 amide bonds. The second-order valence-corrected chi connectivity index (χ2v) is 5.64. The Labute approximate surface area is 112 Å². The van der Waals surface area contributed by atoms with Crippen LogP contribution in [-0.2, 0) is 11.3 Å². The van der Waals surface area contributed by atoms with Gasteiger partial charge >= 0.3 is 0 Å². The summed E-state index contributed by atoms with van der Waals surface area (Å²) in [4.78, 5) is 22.9. The van der Waals surface area contributed by atoms with Crippen LogP contribution in [0.2, 0.25) is 0 Å². The topological polar surface area (TPSA) is 51.1 Å². The smallest absolute Gasteiger partial charge is 0.240 e. The molecule has 0 bridgehead atoms. The van der Waals surface area contributed by atoms with Gasteiger partial charge in [-0.2, -0.15) is 0 Å². The summed E-state index contributed by atoms with van der Waals surface area (Å²) in [6.45, 7) is 6.10. The number of nitrogens with zero attached hydrogens (tertiary/aromatic N) is 1. The number of hydrogen-bond acceptors (Lipinski definition) is 2. The number of hydrogen-bond donors (Lipinski definition) is 1. The van der Waals surface area contributed by atoms with Crippen molar-refractivity contribution in [1.29, 1.82) is 0 Å². The van der Waals surface area contributed by atoms with Crippen molar-refractivity contribution >= 4 is 23.1 Å². The van der Waals surface area contributed by atoms with E-state index in [0.29, 0.717) is 5.56 Å². The van der Waals surface area contributed by atoms with Gasteiger partial charge in [-0.05, 0) is 32.9 Å². The number of benzene rings is 1. The SMILES string of the molecule is CC(C)(C)NC(=O)Cn1ccc2c(C=O)cccc21. The van der Waals surface area contributed by atoms with Gasteiger partial charge in [-0.15, -0.1) is 0 Å². The number of fused-ring (bicyclic) bond motifs is 1. The summed E-state index contributed by atoms with van der Waals surface area (Å²) in [5.41, 5.74) is 1.30. The Hall–Kier alpha value is -2.10. The van der Waals surface area contributed by atoms with Crippen molar-refractivity contribution in [1.82, 2.24) is 9.88 Å². The van der Waals surface area contributed by atoms with Gasteiger partial charge in [0.05, 0.1) is 0 Å². The largest absolute Gasteiger partial charge is 0.350 e. The van der Waals surface area contributed by atoms with Crippen molar-refractivity contribution < 1.29 is 9.59 Å². The monoisotopic (exact) mass is 258 g/mol. The summed E-state index contributed by atoms with van der Waals surface area (Å²) in [5.74, 6) is -0.0403. The van der Waals surface area contributed by atoms with Gasteiger partial charge < -0.3 is 9.88 Å². The molecule has 0 radical (unpaired) electrons. The van der Waals surface area contributed by atoms with Gasteiger partial charge in [-0.3, -0.25) is 9.59 Å². The van der Waals surface area contributed by atoms with Gasteiger partial charge in [0.2, 0.25) is 5.91 Å². The summed E-state index contributed by atoms with van der Waals surface area (Å²) in [6, 6.07) is 7.37. The molecular formula is C15H18N2O2. The van der Waals surface area contributed by atoms with E-state index in [1.807, 2.05) is 49.7 Å². The van der Waals surface area contributed by atoms with E-state index in [0.717, 1.165) is 17.2 Å². The van der Waals surface area contributed by atoms with E-state index in [-0.39, 0.29) is 18.0 Å². The highest BCUT2D eigenvalue weighted by Crippen LogP contribution is 2.19. The van der Waals surface area contributed by atoms with Crippen molar-refractivity contribution in [2.24, 2.45) is 0 Å². The van der Waals surface area contributed by atoms with Crippen molar-refractivity contribution in [2.45, 2.75) is 32.9 Å². The normalized spacial score (nSPS) is 11.5. The fourth-order valence-electron chi connectivity index (χ4n) is 2.10. The van der Waals surface area contributed by atoms with Crippen molar-refractivity contribution in [3.63, 3.8) is 0 Å². The van der Waals surface area contributed by atoms with E-state index in [9.17, 15) is 9.59 Å². The van der Waals surface area contributed by atoms with E-state index >= 15 is 0 Å². The molecule has 4 heteroatoms. The average Bonchev–Trinajstić information content (AvgIpc) is 2.70. The number of aromatic nitrogens is 1. The molecule has 2 rings (SSSR count). The van der Waals surface area contributed by atoms with Crippen LogP contribution < -0.4 is 5.32 Å². The van der Waals surface area contributed by atoms with Crippen LogP contribution in [0.15, 0.2) is 30.5 Å². The van der Waals surface area contributed by atoms with Gasteiger partial charge in [-0.1, -0.05) is 12.1 Å². The molecule has 0 aliphatic carbocycles. The summed E-state index contributed by atoms with van der Waals surface area (Å²) >= 11 is 0. The zero-order chi connectivity index (χ0) is 14.0. The molecule has 0 spiro atoms. The molecule has 1 aromatic heterocycles. The first-order valence-electron chi connectivity index (χ1n) is 6.25. The molecule has 1 N–H and O–H groups in total. The van der Waals surface area contributed by atoms with Crippen molar-refractivity contribution in [3.8, 4) is 0 Å². The Balaban J connectivity index is 2.27. The molecule has 2 aromatic rings. The van der Waals surface area contributed by atoms with Crippen LogP contribution in [0.4, 0.5) is 0 Å². The third-order valence-electron chi connectivity index (χ3n) is 2.80. The summed E-state index contributed by atoms with van der Waals surface area (Å²) in [6.07, 6.45) is 2.67. The van der Waals surface area contributed by atoms with E-state index in [1.54, 1.807) is 6.07 Å². The van der Waals surface area contributed by atoms with E-state index < -0.39 is 0 Å². The Bertz CT molecular complexity index is 621. The third-order valence-corrected chi connectivity index (χ3v) is 2.80. The summed E-state index contributed by atoms with van der Waals surface area (Å²) < 4.78 is 1.85. The second-order valence-electron chi connectivity index (χ2n) is 5.64. The first-order chi connectivity index (χ1) is 8.90. The molecule has 0 aliphatic rings. The van der Waals surface area contributed by atoms with Crippen LogP contribution in [0.5, 0.6) is 0 Å². The van der Waals surface area contributed by atoms with Gasteiger partial charge in [0, 0.05) is 28.2 Å². The Morgan fingerprint density at radius 1 is 1.32 bits per heavy atom. The minimum Gasteiger partial charge on any atom is -0.350 e. The highest BCUT2D eigenvalue weighted by molar-refractivity contribution is 5.97. The standard InChI is InChI=1S/C15H18N2O2/c1-15(2,3)16-14(19)9-17-8-7-12-11(10-18)5-4-6-13(12)17/h4-8,10H,9H2,1-3H3,(H,16,19). The molecule has 0 fully saturated rings. The van der Waals surface area contributed by atoms with E-state index in [1.165, 1.54) is 0 Å². The quantitative estimate of drug-likeness (QED) is 0.859. The molecule has 1 heterocycles. The number of aldehydes is 1. The first kappa shape index (κ1) is 13.3. The lowest BCUT2D eigenvalue weighted by molar-refractivity contribution is -0.123. The van der Waals surface area contributed by atoms with Gasteiger partial charge in [0.15, 0.2) is 6.29 Å². The molecule has 100 valence electrons.